The number of hydrogen-bond acceptors (Lipinski definition) is 5. The smallest absolute Gasteiger partial charge is 0.494 e. The molecular formula is C9H11BO5. The van der Waals surface area contributed by atoms with Gasteiger partial charge in [0.2, 0.25) is 0 Å². The molecule has 1 aliphatic carbocycles. The monoisotopic (exact) mass is 210 g/mol. The SMILES string of the molecule is CCOC1=CC(=C=O)C(OB(O)O)C=C1. The second-order valence-electron chi connectivity index (χ2n) is 2.78. The van der Waals surface area contributed by atoms with Gasteiger partial charge in [-0.3, -0.25) is 0 Å². The molecule has 15 heavy (non-hydrogen) atoms. The number of ether oxygens (including phenoxy) is 1. The Hall–Kier alpha value is -1.33. The van der Waals surface area contributed by atoms with Crippen molar-refractivity contribution in [2.45, 2.75) is 13.0 Å². The van der Waals surface area contributed by atoms with Gasteiger partial charge >= 0.3 is 7.32 Å². The molecule has 0 aromatic carbocycles. The molecule has 0 radical (unpaired) electrons. The van der Waals surface area contributed by atoms with Gasteiger partial charge in [0, 0.05) is 0 Å². The predicted octanol–water partition coefficient (Wildman–Crippen LogP) is -0.411. The van der Waals surface area contributed by atoms with E-state index in [4.69, 9.17) is 14.8 Å². The second kappa shape index (κ2) is 5.53. The fourth-order valence-corrected chi connectivity index (χ4v) is 1.16. The van der Waals surface area contributed by atoms with Gasteiger partial charge in [0.05, 0.1) is 12.2 Å². The summed E-state index contributed by atoms with van der Waals surface area (Å²) >= 11 is 0. The van der Waals surface area contributed by atoms with Crippen molar-refractivity contribution >= 4 is 13.3 Å². The van der Waals surface area contributed by atoms with Crippen LogP contribution in [0.25, 0.3) is 0 Å². The van der Waals surface area contributed by atoms with Crippen molar-refractivity contribution in [2.24, 2.45) is 0 Å². The molecule has 0 aromatic rings. The van der Waals surface area contributed by atoms with Crippen LogP contribution >= 0.6 is 0 Å². The van der Waals surface area contributed by atoms with Crippen molar-refractivity contribution < 1.29 is 24.2 Å². The maximum absolute atomic E-state index is 10.6. The Balaban J connectivity index is 2.75. The third kappa shape index (κ3) is 3.38. The molecule has 80 valence electrons. The van der Waals surface area contributed by atoms with Gasteiger partial charge in [-0.2, -0.15) is 0 Å². The van der Waals surface area contributed by atoms with Crippen molar-refractivity contribution in [3.63, 3.8) is 0 Å². The highest BCUT2D eigenvalue weighted by atomic mass is 16.6. The maximum Gasteiger partial charge on any atom is 0.634 e. The van der Waals surface area contributed by atoms with Crippen LogP contribution in [0.3, 0.4) is 0 Å². The van der Waals surface area contributed by atoms with Crippen LogP contribution in [0, 0.1) is 0 Å². The van der Waals surface area contributed by atoms with E-state index >= 15 is 0 Å². The largest absolute Gasteiger partial charge is 0.634 e. The minimum Gasteiger partial charge on any atom is -0.494 e. The molecular weight excluding hydrogens is 199 g/mol. The predicted molar refractivity (Wildman–Crippen MR) is 53.1 cm³/mol. The zero-order valence-corrected chi connectivity index (χ0v) is 8.21. The molecule has 2 N–H and O–H groups in total. The van der Waals surface area contributed by atoms with Gasteiger partial charge in [-0.15, -0.1) is 0 Å². The minimum atomic E-state index is -1.93. The Morgan fingerprint density at radius 1 is 1.60 bits per heavy atom. The van der Waals surface area contributed by atoms with E-state index in [0.717, 1.165) is 0 Å². The summed E-state index contributed by atoms with van der Waals surface area (Å²) in [5.74, 6) is 2.18. The van der Waals surface area contributed by atoms with E-state index in [1.54, 1.807) is 12.0 Å². The van der Waals surface area contributed by atoms with Crippen molar-refractivity contribution in [3.05, 3.63) is 29.6 Å². The van der Waals surface area contributed by atoms with Gasteiger partial charge in [-0.05, 0) is 25.2 Å². The maximum atomic E-state index is 10.6. The summed E-state index contributed by atoms with van der Waals surface area (Å²) in [5, 5.41) is 17.2. The number of rotatable bonds is 4. The van der Waals surface area contributed by atoms with E-state index in [0.29, 0.717) is 12.4 Å². The van der Waals surface area contributed by atoms with Crippen LogP contribution in [-0.4, -0.2) is 36.0 Å². The molecule has 0 fully saturated rings. The average Bonchev–Trinajstić information content (AvgIpc) is 2.20. The van der Waals surface area contributed by atoms with E-state index in [1.807, 2.05) is 6.92 Å². The number of allylic oxidation sites excluding steroid dienone is 1. The van der Waals surface area contributed by atoms with Gasteiger partial charge in [-0.1, -0.05) is 0 Å². The summed E-state index contributed by atoms with van der Waals surface area (Å²) in [4.78, 5) is 10.6. The van der Waals surface area contributed by atoms with Gasteiger partial charge in [0.25, 0.3) is 0 Å². The molecule has 0 saturated heterocycles. The summed E-state index contributed by atoms with van der Waals surface area (Å²) < 4.78 is 9.81. The topological polar surface area (TPSA) is 76.0 Å². The number of carbonyl (C=O) groups excluding carboxylic acids is 1. The van der Waals surface area contributed by atoms with E-state index in [9.17, 15) is 4.79 Å². The second-order valence-corrected chi connectivity index (χ2v) is 2.78. The Bertz CT molecular complexity index is 327. The molecule has 6 heteroatoms. The standard InChI is InChI=1S/C9H11BO5/c1-2-14-8-3-4-9(15-10(12)13)7(5-8)6-11/h3-5,9,12-13H,2H2,1H3. The van der Waals surface area contributed by atoms with Gasteiger partial charge in [0.15, 0.2) is 0 Å². The molecule has 1 unspecified atom stereocenters. The minimum absolute atomic E-state index is 0.161. The molecule has 1 aliphatic rings. The fraction of sp³-hybridized carbons (Fsp3) is 0.333. The lowest BCUT2D eigenvalue weighted by Gasteiger charge is -2.17. The molecule has 1 atom stereocenters. The first kappa shape index (κ1) is 11.7. The first-order valence-corrected chi connectivity index (χ1v) is 4.46. The van der Waals surface area contributed by atoms with E-state index in [1.165, 1.54) is 12.2 Å². The Morgan fingerprint density at radius 3 is 2.87 bits per heavy atom. The summed E-state index contributed by atoms with van der Waals surface area (Å²) in [7, 11) is -1.93. The van der Waals surface area contributed by atoms with Crippen molar-refractivity contribution in [1.29, 1.82) is 0 Å². The average molecular weight is 210 g/mol. The molecule has 0 spiro atoms. The summed E-state index contributed by atoms with van der Waals surface area (Å²) in [6, 6.07) is 0. The Kier molecular flexibility index (Phi) is 4.33. The van der Waals surface area contributed by atoms with E-state index < -0.39 is 13.4 Å². The van der Waals surface area contributed by atoms with Crippen molar-refractivity contribution in [3.8, 4) is 0 Å². The molecule has 0 heterocycles. The molecule has 0 aliphatic heterocycles. The molecule has 0 bridgehead atoms. The normalized spacial score (nSPS) is 19.5. The van der Waals surface area contributed by atoms with Gasteiger partial charge in [-0.25, -0.2) is 4.79 Å². The lowest BCUT2D eigenvalue weighted by molar-refractivity contribution is 0.165. The zero-order valence-electron chi connectivity index (χ0n) is 8.21. The Labute approximate surface area is 87.5 Å². The molecule has 5 nitrogen and oxygen atoms in total. The highest BCUT2D eigenvalue weighted by Crippen LogP contribution is 2.18. The third-order valence-electron chi connectivity index (χ3n) is 1.74. The van der Waals surface area contributed by atoms with Crippen LogP contribution in [0.4, 0.5) is 0 Å². The third-order valence-corrected chi connectivity index (χ3v) is 1.74. The fourth-order valence-electron chi connectivity index (χ4n) is 1.16. The van der Waals surface area contributed by atoms with Gasteiger partial charge < -0.3 is 19.4 Å². The van der Waals surface area contributed by atoms with Crippen LogP contribution in [0.15, 0.2) is 29.6 Å². The van der Waals surface area contributed by atoms with Crippen LogP contribution < -0.4 is 0 Å². The Morgan fingerprint density at radius 2 is 2.33 bits per heavy atom. The van der Waals surface area contributed by atoms with Crippen LogP contribution in [0.5, 0.6) is 0 Å². The van der Waals surface area contributed by atoms with Crippen LogP contribution in [0.2, 0.25) is 0 Å². The van der Waals surface area contributed by atoms with Crippen molar-refractivity contribution in [2.75, 3.05) is 6.61 Å². The van der Waals surface area contributed by atoms with Crippen LogP contribution in [0.1, 0.15) is 6.92 Å². The zero-order chi connectivity index (χ0) is 11.3. The lowest BCUT2D eigenvalue weighted by atomic mass is 10.0. The summed E-state index contributed by atoms with van der Waals surface area (Å²) in [6.45, 7) is 2.30. The highest BCUT2D eigenvalue weighted by molar-refractivity contribution is 6.32. The van der Waals surface area contributed by atoms with Crippen molar-refractivity contribution in [1.82, 2.24) is 0 Å². The first-order valence-electron chi connectivity index (χ1n) is 4.46. The quantitative estimate of drug-likeness (QED) is 0.487. The van der Waals surface area contributed by atoms with E-state index in [-0.39, 0.29) is 5.57 Å². The lowest BCUT2D eigenvalue weighted by Crippen LogP contribution is -2.27. The molecule has 0 saturated carbocycles. The van der Waals surface area contributed by atoms with Gasteiger partial charge in [0.1, 0.15) is 17.8 Å². The molecule has 0 amide bonds. The molecule has 0 aromatic heterocycles. The first-order chi connectivity index (χ1) is 7.17. The highest BCUT2D eigenvalue weighted by Gasteiger charge is 2.22. The number of hydrogen-bond donors (Lipinski definition) is 2. The molecule has 1 rings (SSSR count). The summed E-state index contributed by atoms with van der Waals surface area (Å²) in [5.41, 5.74) is 0.161. The van der Waals surface area contributed by atoms with E-state index in [2.05, 4.69) is 4.65 Å². The summed E-state index contributed by atoms with van der Waals surface area (Å²) in [6.07, 6.45) is 3.73. The van der Waals surface area contributed by atoms with Crippen LogP contribution in [-0.2, 0) is 14.2 Å².